The fourth-order valence-electron chi connectivity index (χ4n) is 7.89. The molecule has 0 saturated carbocycles. The summed E-state index contributed by atoms with van der Waals surface area (Å²) in [5, 5.41) is 33.2. The van der Waals surface area contributed by atoms with E-state index in [4.69, 9.17) is 47.5 Å². The van der Waals surface area contributed by atoms with Crippen molar-refractivity contribution in [1.82, 2.24) is 59.1 Å². The second kappa shape index (κ2) is 37.4. The number of aromatic nitrogens is 12. The number of aliphatic hydroxyl groups excluding tert-OH is 1. The van der Waals surface area contributed by atoms with Crippen LogP contribution in [0.2, 0.25) is 10.0 Å². The van der Waals surface area contributed by atoms with Gasteiger partial charge in [0.1, 0.15) is 22.8 Å². The van der Waals surface area contributed by atoms with Crippen LogP contribution in [0.3, 0.4) is 0 Å². The minimum atomic E-state index is -1.05. The van der Waals surface area contributed by atoms with Gasteiger partial charge in [-0.1, -0.05) is 30.6 Å². The summed E-state index contributed by atoms with van der Waals surface area (Å²) in [6, 6.07) is 10.4. The van der Waals surface area contributed by atoms with E-state index in [1.807, 2.05) is 81.6 Å². The van der Waals surface area contributed by atoms with Crippen molar-refractivity contribution in [2.45, 2.75) is 86.9 Å². The van der Waals surface area contributed by atoms with Crippen LogP contribution in [0.1, 0.15) is 112 Å². The molecule has 2 aliphatic heterocycles. The van der Waals surface area contributed by atoms with Gasteiger partial charge in [0.2, 0.25) is 0 Å². The molecule has 2 fully saturated rings. The van der Waals surface area contributed by atoms with Crippen molar-refractivity contribution in [3.63, 3.8) is 0 Å². The average molecular weight is 1350 g/mol. The van der Waals surface area contributed by atoms with Crippen LogP contribution in [0.5, 0.6) is 0 Å². The van der Waals surface area contributed by atoms with Gasteiger partial charge >= 0.3 is 60.6 Å². The molecule has 25 nitrogen and oxygen atoms in total. The first kappa shape index (κ1) is 80.3. The van der Waals surface area contributed by atoms with Gasteiger partial charge in [0.15, 0.2) is 0 Å². The first-order valence-electron chi connectivity index (χ1n) is 26.4. The van der Waals surface area contributed by atoms with Gasteiger partial charge in [-0.05, 0) is 143 Å². The normalized spacial score (nSPS) is 12.7. The molecule has 0 bridgehead atoms. The molecule has 30 heteroatoms. The molecule has 0 atom stereocenters. The molecule has 0 spiro atoms. The SMILES string of the molecule is C.C1CCOC1.CO.COC(=O)c1cc(C)c(-c2c(Cl)cnn2C)cn1.COC(=O)c1cc(C)c(-c2ccnn2C)cn1.COC(=O)c1cc(C)c(Br)cn1.Cc1cc(C(=O)O)ncc1-c1c(Cl)cnn1C.Cn1nccc1B1OC(C)(C)C(C)(C)O1.[Na+].[OH-]. The number of halogens is 3. The summed E-state index contributed by atoms with van der Waals surface area (Å²) in [4.78, 5) is 60.4. The van der Waals surface area contributed by atoms with Crippen molar-refractivity contribution in [2.75, 3.05) is 41.7 Å². The number of esters is 3. The van der Waals surface area contributed by atoms with Crippen LogP contribution in [-0.2, 0) is 56.4 Å². The van der Waals surface area contributed by atoms with Gasteiger partial charge in [0, 0.05) is 107 Å². The molecule has 89 heavy (non-hydrogen) atoms. The summed E-state index contributed by atoms with van der Waals surface area (Å²) in [7, 11) is 12.0. The smallest absolute Gasteiger partial charge is 0.870 e. The fraction of sp³-hybridized carbons (Fsp3) is 0.390. The molecule has 2 aliphatic rings. The van der Waals surface area contributed by atoms with Crippen LogP contribution < -0.4 is 35.2 Å². The van der Waals surface area contributed by atoms with E-state index in [2.05, 4.69) is 70.5 Å². The van der Waals surface area contributed by atoms with E-state index in [9.17, 15) is 19.2 Å². The Labute approximate surface area is 559 Å². The Morgan fingerprint density at radius 1 is 0.573 bits per heavy atom. The molecular weight excluding hydrogens is 1270 g/mol. The molecule has 10 heterocycles. The van der Waals surface area contributed by atoms with E-state index in [1.54, 1.807) is 94.4 Å². The van der Waals surface area contributed by atoms with Crippen LogP contribution in [0.15, 0.2) is 90.4 Å². The number of carbonyl (C=O) groups excluding carboxylic acids is 3. The molecule has 0 aliphatic carbocycles. The van der Waals surface area contributed by atoms with E-state index >= 15 is 0 Å². The fourth-order valence-corrected chi connectivity index (χ4v) is 8.64. The summed E-state index contributed by atoms with van der Waals surface area (Å²) in [5.41, 5.74) is 9.96. The number of ether oxygens (including phenoxy) is 4. The number of hydrogen-bond acceptors (Lipinski definition) is 20. The molecule has 3 N–H and O–H groups in total. The summed E-state index contributed by atoms with van der Waals surface area (Å²) in [6.07, 6.45) is 15.5. The van der Waals surface area contributed by atoms with Crippen molar-refractivity contribution in [2.24, 2.45) is 28.2 Å². The number of nitrogens with zero attached hydrogens (tertiary/aromatic N) is 12. The largest absolute Gasteiger partial charge is 1.00 e. The second-order valence-electron chi connectivity index (χ2n) is 19.8. The zero-order valence-electron chi connectivity index (χ0n) is 52.4. The number of pyridine rings is 4. The van der Waals surface area contributed by atoms with Gasteiger partial charge < -0.3 is 43.9 Å². The average Bonchev–Trinajstić information content (AvgIpc) is 1.93. The standard InChI is InChI=1S/C12H12ClN3O2.C12H13N3O2.C11H10ClN3O2.C10H17BN2O2.C8H8BrNO2.C4H8O.CH4O.CH4.Na.H2O/c1-7-4-10(12(17)18-3)14-5-8(7)11-9(13)6-15-16(11)2;1-8-6-10(12(16)17-3)13-7-9(8)11-4-5-14-15(11)2;1-6-3-9(11(16)17)13-4-7(6)10-8(12)5-14-15(10)2;1-9(2)10(3,4)15-11(14-9)8-6-7-12-13(8)5;1-5-3-7(8(11)12-2)10-4-6(5)9;1-2-4-5-3-1;1-2;;;/h4-6H,1-3H3;4-7H,1-3H3;3-5H,1-2H3,(H,16,17);6-7H,1-5H3;3-4H,1-2H3;1-4H2;2H,1H3;1H4;;1H2/q;;;;;;;;+1;/p-1. The Bertz CT molecular complexity index is 3530. The van der Waals surface area contributed by atoms with E-state index in [1.165, 1.54) is 46.4 Å². The third-order valence-electron chi connectivity index (χ3n) is 13.4. The van der Waals surface area contributed by atoms with E-state index in [0.717, 1.165) is 86.4 Å². The Kier molecular flexibility index (Phi) is 33.7. The number of carboxylic acids is 1. The monoisotopic (exact) mass is 1340 g/mol. The van der Waals surface area contributed by atoms with E-state index < -0.39 is 23.9 Å². The Morgan fingerprint density at radius 3 is 1.26 bits per heavy atom. The molecule has 476 valence electrons. The molecule has 2 saturated heterocycles. The minimum absolute atomic E-state index is 0. The summed E-state index contributed by atoms with van der Waals surface area (Å²) in [6.45, 7) is 17.7. The van der Waals surface area contributed by atoms with Gasteiger partial charge in [-0.3, -0.25) is 18.7 Å². The van der Waals surface area contributed by atoms with Crippen LogP contribution >= 0.6 is 39.1 Å². The van der Waals surface area contributed by atoms with Gasteiger partial charge in [-0.25, -0.2) is 39.1 Å². The van der Waals surface area contributed by atoms with Gasteiger partial charge in [-0.15, -0.1) is 0 Å². The quantitative estimate of drug-likeness (QED) is 0.0934. The summed E-state index contributed by atoms with van der Waals surface area (Å²) in [5.74, 6) is -2.34. The molecule has 8 aromatic rings. The third kappa shape index (κ3) is 21.7. The number of carboxylic acid groups (broad SMARTS) is 1. The Balaban J connectivity index is 0.000000539. The zero-order valence-corrected chi connectivity index (χ0v) is 57.5. The van der Waals surface area contributed by atoms with Crippen LogP contribution in [0, 0.1) is 27.7 Å². The minimum Gasteiger partial charge on any atom is -0.870 e. The summed E-state index contributed by atoms with van der Waals surface area (Å²) < 4.78 is 38.3. The number of aryl methyl sites for hydroxylation is 8. The van der Waals surface area contributed by atoms with Gasteiger partial charge in [-0.2, -0.15) is 20.4 Å². The van der Waals surface area contributed by atoms with Crippen molar-refractivity contribution < 1.29 is 92.7 Å². The first-order valence-corrected chi connectivity index (χ1v) is 27.9. The molecule has 0 aromatic carbocycles. The molecule has 0 amide bonds. The van der Waals surface area contributed by atoms with Gasteiger partial charge in [0.05, 0.1) is 77.6 Å². The number of methoxy groups -OCH3 is 3. The maximum absolute atomic E-state index is 11.4. The zero-order chi connectivity index (χ0) is 64.2. The predicted molar refractivity (Wildman–Crippen MR) is 337 cm³/mol. The third-order valence-corrected chi connectivity index (χ3v) is 14.7. The molecule has 8 aromatic heterocycles. The molecule has 10 rings (SSSR count). The maximum Gasteiger partial charge on any atom is 1.00 e. The molecule has 0 radical (unpaired) electrons. The number of hydrogen-bond donors (Lipinski definition) is 2. The van der Waals surface area contributed by atoms with Crippen LogP contribution in [-0.4, -0.2) is 159 Å². The van der Waals surface area contributed by atoms with Crippen LogP contribution in [0.4, 0.5) is 0 Å². The van der Waals surface area contributed by atoms with E-state index in [0.29, 0.717) is 21.4 Å². The van der Waals surface area contributed by atoms with Crippen molar-refractivity contribution in [3.8, 4) is 33.8 Å². The predicted octanol–water partition coefficient (Wildman–Crippen LogP) is 6.48. The molecular formula is C59H77BBrCl2N12NaO13. The number of rotatable bonds is 8. The van der Waals surface area contributed by atoms with Gasteiger partial charge in [0.25, 0.3) is 0 Å². The first-order chi connectivity index (χ1) is 40.7. The van der Waals surface area contributed by atoms with E-state index in [-0.39, 0.29) is 72.2 Å². The number of aliphatic hydroxyl groups is 1. The summed E-state index contributed by atoms with van der Waals surface area (Å²) >= 11 is 15.4. The Morgan fingerprint density at radius 2 is 0.944 bits per heavy atom. The van der Waals surface area contributed by atoms with Crippen molar-refractivity contribution in [1.29, 1.82) is 0 Å². The second-order valence-corrected chi connectivity index (χ2v) is 21.5. The topological polar surface area (TPSA) is 317 Å². The van der Waals surface area contributed by atoms with Crippen molar-refractivity contribution in [3.05, 3.63) is 146 Å². The Hall–Kier alpha value is -6.76. The van der Waals surface area contributed by atoms with Crippen molar-refractivity contribution >= 4 is 75.7 Å². The molecule has 0 unspecified atom stereocenters. The number of carbonyl (C=O) groups is 4. The number of aromatic carboxylic acids is 1. The maximum atomic E-state index is 11.4. The van der Waals surface area contributed by atoms with Crippen LogP contribution in [0.25, 0.3) is 33.8 Å².